The molecule has 2 aromatic carbocycles. The molecule has 1 aliphatic heterocycles. The first-order valence-electron chi connectivity index (χ1n) is 9.52. The number of nitrogens with one attached hydrogen (secondary N) is 1. The van der Waals surface area contributed by atoms with E-state index in [1.165, 1.54) is 11.3 Å². The highest BCUT2D eigenvalue weighted by Gasteiger charge is 2.29. The van der Waals surface area contributed by atoms with E-state index in [1.807, 2.05) is 47.8 Å². The summed E-state index contributed by atoms with van der Waals surface area (Å²) in [6.45, 7) is 1.07. The molecule has 0 saturated carbocycles. The first kappa shape index (κ1) is 19.1. The summed E-state index contributed by atoms with van der Waals surface area (Å²) in [5.74, 6) is 1.01. The highest BCUT2D eigenvalue weighted by Crippen LogP contribution is 2.28. The number of hydrogen-bond acceptors (Lipinski definition) is 5. The molecule has 1 aromatic heterocycles. The summed E-state index contributed by atoms with van der Waals surface area (Å²) in [4.78, 5) is 31.4. The van der Waals surface area contributed by atoms with Crippen LogP contribution in [0, 0.1) is 5.92 Å². The van der Waals surface area contributed by atoms with Crippen LogP contribution in [0.5, 0.6) is 11.5 Å². The van der Waals surface area contributed by atoms with Gasteiger partial charge in [-0.1, -0.05) is 30.3 Å². The van der Waals surface area contributed by atoms with E-state index in [2.05, 4.69) is 10.3 Å². The number of anilines is 1. The van der Waals surface area contributed by atoms with Crippen LogP contribution in [0.4, 0.5) is 5.13 Å². The first-order valence-corrected chi connectivity index (χ1v) is 10.4. The number of piperidine rings is 1. The fraction of sp³-hybridized carbons (Fsp3) is 0.227. The molecule has 0 spiro atoms. The van der Waals surface area contributed by atoms with Gasteiger partial charge in [0.25, 0.3) is 5.91 Å². The van der Waals surface area contributed by atoms with E-state index in [0.717, 1.165) is 0 Å². The van der Waals surface area contributed by atoms with Gasteiger partial charge < -0.3 is 15.0 Å². The molecule has 2 amide bonds. The average Bonchev–Trinajstić information content (AvgIpc) is 3.27. The van der Waals surface area contributed by atoms with Crippen LogP contribution in [-0.4, -0.2) is 34.8 Å². The Hall–Kier alpha value is -3.19. The number of amides is 2. The zero-order valence-electron chi connectivity index (χ0n) is 15.8. The zero-order valence-corrected chi connectivity index (χ0v) is 16.6. The van der Waals surface area contributed by atoms with Gasteiger partial charge in [0.2, 0.25) is 5.91 Å². The molecule has 0 atom stereocenters. The van der Waals surface area contributed by atoms with Gasteiger partial charge >= 0.3 is 0 Å². The minimum absolute atomic E-state index is 0.0279. The van der Waals surface area contributed by atoms with Crippen LogP contribution in [0.15, 0.2) is 66.2 Å². The first-order chi connectivity index (χ1) is 14.2. The molecule has 148 valence electrons. The molecule has 1 N–H and O–H groups in total. The molecular weight excluding hydrogens is 386 g/mol. The van der Waals surface area contributed by atoms with Crippen LogP contribution in [-0.2, 0) is 4.79 Å². The van der Waals surface area contributed by atoms with Gasteiger partial charge in [-0.15, -0.1) is 11.3 Å². The Kier molecular flexibility index (Phi) is 5.86. The van der Waals surface area contributed by atoms with E-state index < -0.39 is 0 Å². The van der Waals surface area contributed by atoms with E-state index in [1.54, 1.807) is 23.2 Å². The number of benzene rings is 2. The van der Waals surface area contributed by atoms with E-state index in [-0.39, 0.29) is 17.7 Å². The third-order valence-corrected chi connectivity index (χ3v) is 5.59. The Balaban J connectivity index is 1.39. The van der Waals surface area contributed by atoms with Crippen LogP contribution >= 0.6 is 11.3 Å². The van der Waals surface area contributed by atoms with Crippen LogP contribution in [0.3, 0.4) is 0 Å². The van der Waals surface area contributed by atoms with Crippen LogP contribution < -0.4 is 10.1 Å². The molecule has 2 heterocycles. The second-order valence-corrected chi connectivity index (χ2v) is 7.70. The number of ether oxygens (including phenoxy) is 1. The summed E-state index contributed by atoms with van der Waals surface area (Å²) in [6, 6.07) is 16.7. The van der Waals surface area contributed by atoms with Gasteiger partial charge in [-0.05, 0) is 37.1 Å². The number of likely N-dealkylation sites (tertiary alicyclic amines) is 1. The van der Waals surface area contributed by atoms with E-state index in [0.29, 0.717) is 48.1 Å². The molecule has 1 saturated heterocycles. The minimum atomic E-state index is -0.112. The summed E-state index contributed by atoms with van der Waals surface area (Å²) in [6.07, 6.45) is 2.92. The Labute approximate surface area is 173 Å². The summed E-state index contributed by atoms with van der Waals surface area (Å²) < 4.78 is 5.92. The van der Waals surface area contributed by atoms with Crippen molar-refractivity contribution in [1.29, 1.82) is 0 Å². The number of nitrogens with zero attached hydrogens (tertiary/aromatic N) is 2. The van der Waals surface area contributed by atoms with Gasteiger partial charge in [0.1, 0.15) is 11.5 Å². The van der Waals surface area contributed by atoms with Crippen LogP contribution in [0.2, 0.25) is 0 Å². The van der Waals surface area contributed by atoms with Crippen molar-refractivity contribution in [3.8, 4) is 11.5 Å². The van der Waals surface area contributed by atoms with Crippen molar-refractivity contribution in [2.45, 2.75) is 12.8 Å². The van der Waals surface area contributed by atoms with Gasteiger partial charge in [0, 0.05) is 30.6 Å². The summed E-state index contributed by atoms with van der Waals surface area (Å²) in [7, 11) is 0. The molecule has 1 fully saturated rings. The maximum Gasteiger partial charge on any atom is 0.257 e. The number of hydrogen-bond donors (Lipinski definition) is 1. The van der Waals surface area contributed by atoms with E-state index in [9.17, 15) is 9.59 Å². The van der Waals surface area contributed by atoms with Crippen LogP contribution in [0.1, 0.15) is 23.2 Å². The van der Waals surface area contributed by atoms with Crippen molar-refractivity contribution in [3.05, 3.63) is 71.7 Å². The molecule has 0 unspecified atom stereocenters. The molecule has 0 aliphatic carbocycles. The molecule has 6 nitrogen and oxygen atoms in total. The van der Waals surface area contributed by atoms with Crippen molar-refractivity contribution in [2.75, 3.05) is 18.4 Å². The zero-order chi connectivity index (χ0) is 20.1. The van der Waals surface area contributed by atoms with Crippen molar-refractivity contribution < 1.29 is 14.3 Å². The molecule has 3 aromatic rings. The smallest absolute Gasteiger partial charge is 0.257 e. The maximum absolute atomic E-state index is 13.1. The Morgan fingerprint density at radius 2 is 1.76 bits per heavy atom. The third kappa shape index (κ3) is 4.63. The fourth-order valence-corrected chi connectivity index (χ4v) is 3.89. The number of thiazole rings is 1. The standard InChI is InChI=1S/C22H21N3O3S/c26-20(24-22-23-12-15-29-22)16-10-13-25(14-11-16)21(27)18-8-4-5-9-19(18)28-17-6-2-1-3-7-17/h1-9,12,15-16H,10-11,13-14H2,(H,23,24,26). The summed E-state index contributed by atoms with van der Waals surface area (Å²) in [5.41, 5.74) is 0.530. The molecule has 0 bridgehead atoms. The maximum atomic E-state index is 13.1. The topological polar surface area (TPSA) is 71.5 Å². The second kappa shape index (κ2) is 8.87. The van der Waals surface area contributed by atoms with E-state index >= 15 is 0 Å². The van der Waals surface area contributed by atoms with Crippen LogP contribution in [0.25, 0.3) is 0 Å². The lowest BCUT2D eigenvalue weighted by Crippen LogP contribution is -2.41. The minimum Gasteiger partial charge on any atom is -0.457 e. The molecule has 1 aliphatic rings. The van der Waals surface area contributed by atoms with Gasteiger partial charge in [0.05, 0.1) is 5.56 Å². The molecule has 4 rings (SSSR count). The number of carbonyl (C=O) groups excluding carboxylic acids is 2. The molecule has 29 heavy (non-hydrogen) atoms. The summed E-state index contributed by atoms with van der Waals surface area (Å²) >= 11 is 1.40. The van der Waals surface area contributed by atoms with Gasteiger partial charge in [-0.3, -0.25) is 9.59 Å². The van der Waals surface area contributed by atoms with Crippen molar-refractivity contribution in [3.63, 3.8) is 0 Å². The quantitative estimate of drug-likeness (QED) is 0.679. The van der Waals surface area contributed by atoms with Gasteiger partial charge in [0.15, 0.2) is 5.13 Å². The SMILES string of the molecule is O=C(Nc1nccs1)C1CCN(C(=O)c2ccccc2Oc2ccccc2)CC1. The Morgan fingerprint density at radius 1 is 1.03 bits per heavy atom. The monoisotopic (exact) mass is 407 g/mol. The lowest BCUT2D eigenvalue weighted by atomic mass is 9.95. The largest absolute Gasteiger partial charge is 0.457 e. The lowest BCUT2D eigenvalue weighted by molar-refractivity contribution is -0.121. The molecule has 7 heteroatoms. The van der Waals surface area contributed by atoms with Gasteiger partial charge in [-0.2, -0.15) is 0 Å². The lowest BCUT2D eigenvalue weighted by Gasteiger charge is -2.31. The van der Waals surface area contributed by atoms with E-state index in [4.69, 9.17) is 4.74 Å². The number of aromatic nitrogens is 1. The van der Waals surface area contributed by atoms with Crippen molar-refractivity contribution in [2.24, 2.45) is 5.92 Å². The normalized spacial score (nSPS) is 14.4. The number of para-hydroxylation sites is 2. The second-order valence-electron chi connectivity index (χ2n) is 6.80. The third-order valence-electron chi connectivity index (χ3n) is 4.90. The fourth-order valence-electron chi connectivity index (χ4n) is 3.36. The Bertz CT molecular complexity index is 968. The summed E-state index contributed by atoms with van der Waals surface area (Å²) in [5, 5.41) is 5.29. The number of carbonyl (C=O) groups is 2. The molecule has 0 radical (unpaired) electrons. The van der Waals surface area contributed by atoms with Gasteiger partial charge in [-0.25, -0.2) is 4.98 Å². The highest BCUT2D eigenvalue weighted by molar-refractivity contribution is 7.13. The average molecular weight is 407 g/mol. The molecular formula is C22H21N3O3S. The predicted octanol–water partition coefficient (Wildman–Crippen LogP) is 4.43. The highest BCUT2D eigenvalue weighted by atomic mass is 32.1. The predicted molar refractivity (Wildman–Crippen MR) is 112 cm³/mol. The van der Waals surface area contributed by atoms with Crippen molar-refractivity contribution >= 4 is 28.3 Å². The Morgan fingerprint density at radius 3 is 2.48 bits per heavy atom. The van der Waals surface area contributed by atoms with Crippen molar-refractivity contribution in [1.82, 2.24) is 9.88 Å². The number of rotatable bonds is 5.